The van der Waals surface area contributed by atoms with E-state index in [1.807, 2.05) is 6.92 Å². The summed E-state index contributed by atoms with van der Waals surface area (Å²) in [5.74, 6) is 2.23. The molecule has 0 atom stereocenters. The van der Waals surface area contributed by atoms with Crippen LogP contribution < -0.4 is 5.32 Å². The zero-order valence-corrected chi connectivity index (χ0v) is 15.8. The Morgan fingerprint density at radius 1 is 1.36 bits per heavy atom. The zero-order valence-electron chi connectivity index (χ0n) is 13.5. The van der Waals surface area contributed by atoms with Gasteiger partial charge in [-0.1, -0.05) is 18.0 Å². The van der Waals surface area contributed by atoms with Crippen LogP contribution in [0, 0.1) is 12.3 Å². The van der Waals surface area contributed by atoms with Crippen molar-refractivity contribution in [1.29, 1.82) is 0 Å². The van der Waals surface area contributed by atoms with Crippen molar-refractivity contribution in [2.24, 2.45) is 10.4 Å². The molecule has 2 heterocycles. The maximum absolute atomic E-state index is 5.13. The molecular formula is C15H26IN5O. The Labute approximate surface area is 149 Å². The summed E-state index contributed by atoms with van der Waals surface area (Å²) < 4.78 is 5.13. The van der Waals surface area contributed by atoms with Gasteiger partial charge in [-0.05, 0) is 38.5 Å². The van der Waals surface area contributed by atoms with Gasteiger partial charge in [-0.25, -0.2) is 4.99 Å². The number of likely N-dealkylation sites (tertiary alicyclic amines) is 1. The van der Waals surface area contributed by atoms with Crippen LogP contribution in [0.5, 0.6) is 0 Å². The van der Waals surface area contributed by atoms with E-state index in [9.17, 15) is 0 Å². The lowest BCUT2D eigenvalue weighted by atomic mass is 9.86. The zero-order chi connectivity index (χ0) is 14.7. The van der Waals surface area contributed by atoms with Crippen molar-refractivity contribution in [2.75, 3.05) is 19.6 Å². The molecule has 1 aromatic heterocycles. The first-order chi connectivity index (χ1) is 10.2. The molecule has 0 unspecified atom stereocenters. The van der Waals surface area contributed by atoms with Crippen LogP contribution >= 0.6 is 24.0 Å². The number of hydrogen-bond acceptors (Lipinski definition) is 4. The first kappa shape index (κ1) is 17.5. The minimum Gasteiger partial charge on any atom is -0.357 e. The second-order valence-electron chi connectivity index (χ2n) is 6.28. The van der Waals surface area contributed by atoms with Gasteiger partial charge >= 0.3 is 0 Å². The smallest absolute Gasteiger partial charge is 0.248 e. The van der Waals surface area contributed by atoms with E-state index in [0.717, 1.165) is 25.6 Å². The molecule has 6 nitrogen and oxygen atoms in total. The highest BCUT2D eigenvalue weighted by Crippen LogP contribution is 2.45. The lowest BCUT2D eigenvalue weighted by Crippen LogP contribution is -2.41. The third-order valence-electron chi connectivity index (χ3n) is 4.67. The number of nitrogens with one attached hydrogen (secondary N) is 1. The Morgan fingerprint density at radius 2 is 2.14 bits per heavy atom. The SMILES string of the molecule is CCNC(=NCc1nc(C)no1)N1CCC2(CCCC2)C1.I. The van der Waals surface area contributed by atoms with E-state index in [1.54, 1.807) is 0 Å². The minimum atomic E-state index is 0. The van der Waals surface area contributed by atoms with Gasteiger partial charge in [-0.15, -0.1) is 24.0 Å². The van der Waals surface area contributed by atoms with Crippen LogP contribution in [0.4, 0.5) is 0 Å². The molecule has 2 aliphatic rings. The maximum atomic E-state index is 5.13. The quantitative estimate of drug-likeness (QED) is 0.464. The minimum absolute atomic E-state index is 0. The fourth-order valence-corrected chi connectivity index (χ4v) is 3.62. The van der Waals surface area contributed by atoms with E-state index in [4.69, 9.17) is 4.52 Å². The van der Waals surface area contributed by atoms with Crippen LogP contribution in [0.1, 0.15) is 50.7 Å². The molecule has 1 N–H and O–H groups in total. The third-order valence-corrected chi connectivity index (χ3v) is 4.67. The van der Waals surface area contributed by atoms with E-state index >= 15 is 0 Å². The molecule has 0 radical (unpaired) electrons. The molecule has 1 aliphatic carbocycles. The molecule has 22 heavy (non-hydrogen) atoms. The van der Waals surface area contributed by atoms with E-state index in [0.29, 0.717) is 23.7 Å². The number of aryl methyl sites for hydroxylation is 1. The highest BCUT2D eigenvalue weighted by molar-refractivity contribution is 14.0. The number of halogens is 1. The second-order valence-corrected chi connectivity index (χ2v) is 6.28. The van der Waals surface area contributed by atoms with E-state index in [2.05, 4.69) is 32.3 Å². The normalized spacial score (nSPS) is 20.5. The third kappa shape index (κ3) is 3.91. The van der Waals surface area contributed by atoms with Crippen molar-refractivity contribution in [3.63, 3.8) is 0 Å². The summed E-state index contributed by atoms with van der Waals surface area (Å²) in [6, 6.07) is 0. The van der Waals surface area contributed by atoms with Crippen molar-refractivity contribution >= 4 is 29.9 Å². The van der Waals surface area contributed by atoms with Crippen LogP contribution in [0.2, 0.25) is 0 Å². The molecule has 7 heteroatoms. The molecule has 1 saturated carbocycles. The molecular weight excluding hydrogens is 393 g/mol. The molecule has 0 aromatic carbocycles. The van der Waals surface area contributed by atoms with Crippen LogP contribution in [0.25, 0.3) is 0 Å². The summed E-state index contributed by atoms with van der Waals surface area (Å²) >= 11 is 0. The van der Waals surface area contributed by atoms with Gasteiger partial charge in [-0.3, -0.25) is 0 Å². The maximum Gasteiger partial charge on any atom is 0.248 e. The van der Waals surface area contributed by atoms with Gasteiger partial charge in [0, 0.05) is 19.6 Å². The van der Waals surface area contributed by atoms with Gasteiger partial charge in [0.1, 0.15) is 6.54 Å². The number of aliphatic imine (C=N–C) groups is 1. The van der Waals surface area contributed by atoms with Crippen LogP contribution in [-0.2, 0) is 6.54 Å². The van der Waals surface area contributed by atoms with Crippen molar-refractivity contribution in [3.8, 4) is 0 Å². The number of rotatable bonds is 3. The van der Waals surface area contributed by atoms with E-state index in [1.165, 1.54) is 32.1 Å². The average molecular weight is 419 g/mol. The van der Waals surface area contributed by atoms with Gasteiger partial charge in [-0.2, -0.15) is 4.98 Å². The highest BCUT2D eigenvalue weighted by Gasteiger charge is 2.41. The Morgan fingerprint density at radius 3 is 2.77 bits per heavy atom. The number of hydrogen-bond donors (Lipinski definition) is 1. The number of aromatic nitrogens is 2. The molecule has 124 valence electrons. The van der Waals surface area contributed by atoms with Gasteiger partial charge in [0.05, 0.1) is 0 Å². The molecule has 1 saturated heterocycles. The van der Waals surface area contributed by atoms with E-state index < -0.39 is 0 Å². The monoisotopic (exact) mass is 419 g/mol. The first-order valence-corrected chi connectivity index (χ1v) is 8.03. The summed E-state index contributed by atoms with van der Waals surface area (Å²) in [6.07, 6.45) is 6.85. The van der Waals surface area contributed by atoms with Crippen molar-refractivity contribution < 1.29 is 4.52 Å². The fraction of sp³-hybridized carbons (Fsp3) is 0.800. The Balaban J connectivity index is 0.00000176. The average Bonchev–Trinajstić information content (AvgIpc) is 3.19. The summed E-state index contributed by atoms with van der Waals surface area (Å²) in [7, 11) is 0. The lowest BCUT2D eigenvalue weighted by molar-refractivity contribution is 0.309. The van der Waals surface area contributed by atoms with Gasteiger partial charge in [0.25, 0.3) is 0 Å². The summed E-state index contributed by atoms with van der Waals surface area (Å²) in [5.41, 5.74) is 0.553. The van der Waals surface area contributed by atoms with Crippen LogP contribution in [-0.4, -0.2) is 40.6 Å². The summed E-state index contributed by atoms with van der Waals surface area (Å²) in [6.45, 7) is 7.51. The Kier molecular flexibility index (Phi) is 6.05. The van der Waals surface area contributed by atoms with Gasteiger partial charge in [0.2, 0.25) is 5.89 Å². The number of guanidine groups is 1. The van der Waals surface area contributed by atoms with Gasteiger partial charge in [0.15, 0.2) is 11.8 Å². The van der Waals surface area contributed by atoms with Gasteiger partial charge < -0.3 is 14.7 Å². The highest BCUT2D eigenvalue weighted by atomic mass is 127. The molecule has 1 aliphatic heterocycles. The largest absolute Gasteiger partial charge is 0.357 e. The van der Waals surface area contributed by atoms with Crippen LogP contribution in [0.15, 0.2) is 9.52 Å². The lowest BCUT2D eigenvalue weighted by Gasteiger charge is -2.25. The summed E-state index contributed by atoms with van der Waals surface area (Å²) in [5, 5.41) is 7.20. The second kappa shape index (κ2) is 7.61. The molecule has 0 bridgehead atoms. The molecule has 0 amide bonds. The standard InChI is InChI=1S/C15H25N5O.HI/c1-3-16-14(17-10-13-18-12(2)19-21-13)20-9-8-15(11-20)6-4-5-7-15;/h3-11H2,1-2H3,(H,16,17);1H. The molecule has 1 spiro atoms. The predicted octanol–water partition coefficient (Wildman–Crippen LogP) is 2.73. The molecule has 1 aromatic rings. The van der Waals surface area contributed by atoms with Crippen LogP contribution in [0.3, 0.4) is 0 Å². The van der Waals surface area contributed by atoms with Crippen molar-refractivity contribution in [2.45, 2.75) is 52.5 Å². The number of nitrogens with zero attached hydrogens (tertiary/aromatic N) is 4. The topological polar surface area (TPSA) is 66.5 Å². The fourth-order valence-electron chi connectivity index (χ4n) is 3.62. The Hall–Kier alpha value is -0.860. The molecule has 3 rings (SSSR count). The van der Waals surface area contributed by atoms with Crippen molar-refractivity contribution in [1.82, 2.24) is 20.4 Å². The molecule has 2 fully saturated rings. The van der Waals surface area contributed by atoms with E-state index in [-0.39, 0.29) is 24.0 Å². The Bertz CT molecular complexity index is 510. The first-order valence-electron chi connectivity index (χ1n) is 8.03. The van der Waals surface area contributed by atoms with Crippen molar-refractivity contribution in [3.05, 3.63) is 11.7 Å². The predicted molar refractivity (Wildman–Crippen MR) is 96.4 cm³/mol. The summed E-state index contributed by atoms with van der Waals surface area (Å²) in [4.78, 5) is 11.3.